The van der Waals surface area contributed by atoms with Crippen molar-refractivity contribution in [3.8, 4) is 0 Å². The zero-order chi connectivity index (χ0) is 15.2. The molecular formula is C16H29NO3. The Balaban J connectivity index is 2.06. The summed E-state index contributed by atoms with van der Waals surface area (Å²) in [6.07, 6.45) is 3.26. The summed E-state index contributed by atoms with van der Waals surface area (Å²) in [6.45, 7) is 12.3. The van der Waals surface area contributed by atoms with Crippen LogP contribution in [0.15, 0.2) is 0 Å². The number of likely N-dealkylation sites (tertiary alicyclic amines) is 1. The molecule has 1 N–H and O–H groups in total. The third kappa shape index (κ3) is 2.73. The molecule has 0 aromatic carbocycles. The fraction of sp³-hybridized carbons (Fsp3) is 0.938. The van der Waals surface area contributed by atoms with E-state index in [1.165, 1.54) is 0 Å². The average Bonchev–Trinajstić information content (AvgIpc) is 2.57. The van der Waals surface area contributed by atoms with Gasteiger partial charge in [-0.05, 0) is 66.5 Å². The molecule has 0 saturated carbocycles. The first-order valence-electron chi connectivity index (χ1n) is 7.79. The zero-order valence-electron chi connectivity index (χ0n) is 13.5. The highest BCUT2D eigenvalue weighted by Crippen LogP contribution is 2.43. The lowest BCUT2D eigenvalue weighted by molar-refractivity contribution is -0.153. The molecule has 2 saturated heterocycles. The van der Waals surface area contributed by atoms with E-state index in [1.807, 2.05) is 6.92 Å². The van der Waals surface area contributed by atoms with E-state index < -0.39 is 11.4 Å². The SMILES string of the molecule is CCC1(C(=O)O)CCN(C2CC(C)(C)OC2(C)C)CC1. The molecule has 0 radical (unpaired) electrons. The lowest BCUT2D eigenvalue weighted by Crippen LogP contribution is -2.52. The van der Waals surface area contributed by atoms with Crippen molar-refractivity contribution in [2.75, 3.05) is 13.1 Å². The van der Waals surface area contributed by atoms with Gasteiger partial charge in [0, 0.05) is 6.04 Å². The molecule has 0 aliphatic carbocycles. The molecule has 2 rings (SSSR count). The highest BCUT2D eigenvalue weighted by Gasteiger charge is 2.50. The van der Waals surface area contributed by atoms with Crippen LogP contribution in [0.5, 0.6) is 0 Å². The largest absolute Gasteiger partial charge is 0.481 e. The maximum absolute atomic E-state index is 11.5. The highest BCUT2D eigenvalue weighted by molar-refractivity contribution is 5.74. The Morgan fingerprint density at radius 3 is 2.15 bits per heavy atom. The van der Waals surface area contributed by atoms with Crippen molar-refractivity contribution in [1.29, 1.82) is 0 Å². The van der Waals surface area contributed by atoms with Gasteiger partial charge in [0.2, 0.25) is 0 Å². The molecule has 0 aromatic heterocycles. The quantitative estimate of drug-likeness (QED) is 0.865. The molecular weight excluding hydrogens is 254 g/mol. The van der Waals surface area contributed by atoms with Crippen molar-refractivity contribution < 1.29 is 14.6 Å². The van der Waals surface area contributed by atoms with E-state index in [9.17, 15) is 9.90 Å². The molecule has 0 bridgehead atoms. The van der Waals surface area contributed by atoms with E-state index in [1.54, 1.807) is 0 Å². The second kappa shape index (κ2) is 4.99. The molecule has 20 heavy (non-hydrogen) atoms. The molecule has 2 heterocycles. The van der Waals surface area contributed by atoms with Gasteiger partial charge in [-0.15, -0.1) is 0 Å². The molecule has 1 atom stereocenters. The van der Waals surface area contributed by atoms with E-state index in [0.717, 1.165) is 38.8 Å². The zero-order valence-corrected chi connectivity index (χ0v) is 13.5. The number of nitrogens with zero attached hydrogens (tertiary/aromatic N) is 1. The van der Waals surface area contributed by atoms with E-state index >= 15 is 0 Å². The van der Waals surface area contributed by atoms with Gasteiger partial charge in [0.15, 0.2) is 0 Å². The third-order valence-corrected chi connectivity index (χ3v) is 5.35. The second-order valence-corrected chi connectivity index (χ2v) is 7.66. The van der Waals surface area contributed by atoms with Gasteiger partial charge in [-0.2, -0.15) is 0 Å². The summed E-state index contributed by atoms with van der Waals surface area (Å²) in [5.41, 5.74) is -0.741. The van der Waals surface area contributed by atoms with E-state index in [4.69, 9.17) is 4.74 Å². The first kappa shape index (κ1) is 15.8. The van der Waals surface area contributed by atoms with Crippen LogP contribution in [0.25, 0.3) is 0 Å². The minimum absolute atomic E-state index is 0.0831. The average molecular weight is 283 g/mol. The Hall–Kier alpha value is -0.610. The van der Waals surface area contributed by atoms with Crippen LogP contribution < -0.4 is 0 Å². The smallest absolute Gasteiger partial charge is 0.309 e. The number of carboxylic acid groups (broad SMARTS) is 1. The standard InChI is InChI=1S/C16H29NO3/c1-6-16(13(18)19)7-9-17(10-8-16)12-11-14(2,3)20-15(12,4)5/h12H,6-11H2,1-5H3,(H,18,19). The Labute approximate surface area is 122 Å². The molecule has 0 amide bonds. The van der Waals surface area contributed by atoms with Crippen molar-refractivity contribution in [1.82, 2.24) is 4.90 Å². The highest BCUT2D eigenvalue weighted by atomic mass is 16.5. The molecule has 2 aliphatic heterocycles. The fourth-order valence-corrected chi connectivity index (χ4v) is 4.08. The summed E-state index contributed by atoms with van der Waals surface area (Å²) in [7, 11) is 0. The minimum atomic E-state index is -0.623. The van der Waals surface area contributed by atoms with Gasteiger partial charge < -0.3 is 9.84 Å². The normalized spacial score (nSPS) is 32.1. The van der Waals surface area contributed by atoms with Gasteiger partial charge >= 0.3 is 5.97 Å². The maximum Gasteiger partial charge on any atom is 0.309 e. The summed E-state index contributed by atoms with van der Waals surface area (Å²) < 4.78 is 6.17. The summed E-state index contributed by atoms with van der Waals surface area (Å²) in [5.74, 6) is -0.623. The van der Waals surface area contributed by atoms with Crippen LogP contribution in [0.2, 0.25) is 0 Å². The van der Waals surface area contributed by atoms with E-state index in [0.29, 0.717) is 6.04 Å². The molecule has 2 fully saturated rings. The predicted octanol–water partition coefficient (Wildman–Crippen LogP) is 2.91. The first-order valence-corrected chi connectivity index (χ1v) is 7.79. The van der Waals surface area contributed by atoms with Gasteiger partial charge in [0.05, 0.1) is 16.6 Å². The summed E-state index contributed by atoms with van der Waals surface area (Å²) in [5, 5.41) is 9.48. The molecule has 0 spiro atoms. The topological polar surface area (TPSA) is 49.8 Å². The molecule has 4 heteroatoms. The lowest BCUT2D eigenvalue weighted by atomic mass is 9.75. The molecule has 4 nitrogen and oxygen atoms in total. The molecule has 0 aromatic rings. The number of hydrogen-bond acceptors (Lipinski definition) is 3. The summed E-state index contributed by atoms with van der Waals surface area (Å²) in [4.78, 5) is 14.0. The van der Waals surface area contributed by atoms with Crippen molar-refractivity contribution in [3.63, 3.8) is 0 Å². The van der Waals surface area contributed by atoms with Crippen LogP contribution in [0.3, 0.4) is 0 Å². The molecule has 1 unspecified atom stereocenters. The van der Waals surface area contributed by atoms with Gasteiger partial charge in [0.1, 0.15) is 0 Å². The fourth-order valence-electron chi connectivity index (χ4n) is 4.08. The Morgan fingerprint density at radius 2 is 1.80 bits per heavy atom. The summed E-state index contributed by atoms with van der Waals surface area (Å²) >= 11 is 0. The van der Waals surface area contributed by atoms with Gasteiger partial charge in [-0.3, -0.25) is 9.69 Å². The number of ether oxygens (including phenoxy) is 1. The van der Waals surface area contributed by atoms with Gasteiger partial charge in [0.25, 0.3) is 0 Å². The monoisotopic (exact) mass is 283 g/mol. The first-order chi connectivity index (χ1) is 9.12. The Kier molecular flexibility index (Phi) is 3.93. The number of hydrogen-bond donors (Lipinski definition) is 1. The lowest BCUT2D eigenvalue weighted by Gasteiger charge is -2.43. The number of rotatable bonds is 3. The van der Waals surface area contributed by atoms with Crippen LogP contribution >= 0.6 is 0 Å². The van der Waals surface area contributed by atoms with Gasteiger partial charge in [-0.1, -0.05) is 6.92 Å². The maximum atomic E-state index is 11.5. The third-order valence-electron chi connectivity index (χ3n) is 5.35. The molecule has 2 aliphatic rings. The van der Waals surface area contributed by atoms with Crippen LogP contribution in [0.4, 0.5) is 0 Å². The Morgan fingerprint density at radius 1 is 1.25 bits per heavy atom. The predicted molar refractivity (Wildman–Crippen MR) is 78.8 cm³/mol. The van der Waals surface area contributed by atoms with E-state index in [2.05, 4.69) is 32.6 Å². The van der Waals surface area contributed by atoms with Crippen molar-refractivity contribution in [3.05, 3.63) is 0 Å². The second-order valence-electron chi connectivity index (χ2n) is 7.66. The van der Waals surface area contributed by atoms with Gasteiger partial charge in [-0.25, -0.2) is 0 Å². The number of piperidine rings is 1. The minimum Gasteiger partial charge on any atom is -0.481 e. The van der Waals surface area contributed by atoms with Crippen molar-refractivity contribution >= 4 is 5.97 Å². The van der Waals surface area contributed by atoms with Crippen LogP contribution in [-0.2, 0) is 9.53 Å². The summed E-state index contributed by atoms with van der Waals surface area (Å²) in [6, 6.07) is 0.390. The number of carbonyl (C=O) groups is 1. The van der Waals surface area contributed by atoms with Crippen LogP contribution in [0.1, 0.15) is 60.3 Å². The van der Waals surface area contributed by atoms with Crippen molar-refractivity contribution in [2.45, 2.75) is 77.5 Å². The van der Waals surface area contributed by atoms with Crippen molar-refractivity contribution in [2.24, 2.45) is 5.41 Å². The van der Waals surface area contributed by atoms with Crippen LogP contribution in [0, 0.1) is 5.41 Å². The van der Waals surface area contributed by atoms with Crippen LogP contribution in [-0.4, -0.2) is 46.3 Å². The Bertz CT molecular complexity index is 381. The number of carboxylic acids is 1. The number of aliphatic carboxylic acids is 1. The molecule has 116 valence electrons. The van der Waals surface area contributed by atoms with E-state index in [-0.39, 0.29) is 11.2 Å².